The molecule has 0 spiro atoms. The normalized spacial score (nSPS) is 20.3. The molecule has 0 saturated heterocycles. The van der Waals surface area contributed by atoms with E-state index in [1.54, 1.807) is 42.0 Å². The predicted molar refractivity (Wildman–Crippen MR) is 137 cm³/mol. The number of para-hydroxylation sites is 2. The van der Waals surface area contributed by atoms with Crippen LogP contribution in [0.15, 0.2) is 48.5 Å². The third-order valence-corrected chi connectivity index (χ3v) is 6.72. The fraction of sp³-hybridized carbons (Fsp3) is 0.444. The summed E-state index contributed by atoms with van der Waals surface area (Å²) >= 11 is 0. The molecule has 0 unspecified atom stereocenters. The number of amides is 4. The second-order valence-corrected chi connectivity index (χ2v) is 9.75. The van der Waals surface area contributed by atoms with Gasteiger partial charge in [0.05, 0.1) is 30.4 Å². The number of anilines is 2. The van der Waals surface area contributed by atoms with Gasteiger partial charge < -0.3 is 30.3 Å². The molecule has 36 heavy (non-hydrogen) atoms. The topological polar surface area (TPSA) is 111 Å². The first-order valence-corrected chi connectivity index (χ1v) is 12.4. The second-order valence-electron chi connectivity index (χ2n) is 9.75. The number of nitrogens with one attached hydrogen (secondary N) is 2. The zero-order chi connectivity index (χ0) is 25.8. The van der Waals surface area contributed by atoms with Gasteiger partial charge in [0.1, 0.15) is 6.10 Å². The van der Waals surface area contributed by atoms with Crippen LogP contribution in [0.3, 0.4) is 0 Å². The second kappa shape index (κ2) is 11.0. The number of hydrogen-bond donors (Lipinski definition) is 3. The van der Waals surface area contributed by atoms with E-state index in [1.165, 1.54) is 0 Å². The molecule has 1 aliphatic heterocycles. The third-order valence-electron chi connectivity index (χ3n) is 6.72. The number of likely N-dealkylation sites (N-methyl/N-ethyl adjacent to an activating group) is 1. The Morgan fingerprint density at radius 1 is 1.14 bits per heavy atom. The smallest absolute Gasteiger partial charge is 0.321 e. The summed E-state index contributed by atoms with van der Waals surface area (Å²) in [5.41, 5.74) is 1.44. The van der Waals surface area contributed by atoms with Crippen molar-refractivity contribution in [2.24, 2.45) is 11.8 Å². The van der Waals surface area contributed by atoms with Crippen LogP contribution in [0.25, 0.3) is 0 Å². The van der Waals surface area contributed by atoms with Crippen molar-refractivity contribution in [2.45, 2.75) is 38.8 Å². The number of carbonyl (C=O) groups excluding carboxylic acids is 3. The molecule has 9 nitrogen and oxygen atoms in total. The molecule has 4 amide bonds. The molecule has 0 bridgehead atoms. The fourth-order valence-corrected chi connectivity index (χ4v) is 4.23. The van der Waals surface area contributed by atoms with Crippen LogP contribution in [0.4, 0.5) is 16.2 Å². The van der Waals surface area contributed by atoms with E-state index < -0.39 is 12.1 Å². The lowest BCUT2D eigenvalue weighted by Crippen LogP contribution is -2.50. The number of carbonyl (C=O) groups is 3. The quantitative estimate of drug-likeness (QED) is 0.546. The van der Waals surface area contributed by atoms with E-state index in [-0.39, 0.29) is 42.8 Å². The van der Waals surface area contributed by atoms with Gasteiger partial charge in [-0.15, -0.1) is 0 Å². The summed E-state index contributed by atoms with van der Waals surface area (Å²) in [5, 5.41) is 15.6. The Morgan fingerprint density at radius 2 is 1.86 bits per heavy atom. The minimum atomic E-state index is -0.476. The van der Waals surface area contributed by atoms with Gasteiger partial charge in [0.25, 0.3) is 5.91 Å². The highest BCUT2D eigenvalue weighted by Crippen LogP contribution is 2.37. The van der Waals surface area contributed by atoms with Crippen LogP contribution in [-0.2, 0) is 4.79 Å². The van der Waals surface area contributed by atoms with E-state index in [0.29, 0.717) is 29.2 Å². The molecule has 1 aliphatic carbocycles. The molecule has 2 aromatic carbocycles. The number of nitrogens with zero attached hydrogens (tertiary/aromatic N) is 2. The van der Waals surface area contributed by atoms with E-state index in [9.17, 15) is 19.5 Å². The molecule has 3 N–H and O–H groups in total. The number of urea groups is 1. The predicted octanol–water partition coefficient (Wildman–Crippen LogP) is 3.42. The SMILES string of the molecule is C[C@H](CO)N1C[C@H](C)[C@@H](CN(C)C(=O)Nc2ccccc2)Oc2c(NC(=O)C3CC3)cccc2C1=O. The Bertz CT molecular complexity index is 1100. The van der Waals surface area contributed by atoms with Crippen LogP contribution in [0.1, 0.15) is 37.0 Å². The monoisotopic (exact) mass is 494 g/mol. The van der Waals surface area contributed by atoms with Crippen molar-refractivity contribution in [3.05, 3.63) is 54.1 Å². The van der Waals surface area contributed by atoms with Gasteiger partial charge >= 0.3 is 6.03 Å². The maximum atomic E-state index is 13.5. The van der Waals surface area contributed by atoms with Crippen molar-refractivity contribution >= 4 is 29.2 Å². The standard InChI is InChI=1S/C27H34N4O5/c1-17-14-31(18(2)16-32)26(34)21-10-7-11-22(29-25(33)19-12-13-19)24(21)36-23(17)15-30(3)27(35)28-20-8-5-4-6-9-20/h4-11,17-19,23,32H,12-16H2,1-3H3,(H,28,35)(H,29,33)/t17-,18+,23+/m0/s1. The van der Waals surface area contributed by atoms with Gasteiger partial charge in [0.15, 0.2) is 5.75 Å². The minimum Gasteiger partial charge on any atom is -0.485 e. The molecule has 3 atom stereocenters. The van der Waals surface area contributed by atoms with Crippen molar-refractivity contribution in [1.29, 1.82) is 0 Å². The lowest BCUT2D eigenvalue weighted by atomic mass is 9.99. The maximum absolute atomic E-state index is 13.5. The summed E-state index contributed by atoms with van der Waals surface area (Å²) in [6, 6.07) is 13.6. The average Bonchev–Trinajstić information content (AvgIpc) is 3.72. The highest BCUT2D eigenvalue weighted by molar-refractivity contribution is 6.02. The number of aliphatic hydroxyl groups excluding tert-OH is 1. The Kier molecular flexibility index (Phi) is 7.79. The Morgan fingerprint density at radius 3 is 2.53 bits per heavy atom. The summed E-state index contributed by atoms with van der Waals surface area (Å²) in [6.45, 7) is 4.16. The first kappa shape index (κ1) is 25.5. The van der Waals surface area contributed by atoms with Gasteiger partial charge in [-0.3, -0.25) is 9.59 Å². The summed E-state index contributed by atoms with van der Waals surface area (Å²) in [6.07, 6.45) is 1.23. The summed E-state index contributed by atoms with van der Waals surface area (Å²) in [5.74, 6) is -0.255. The molecule has 2 aromatic rings. The van der Waals surface area contributed by atoms with Crippen molar-refractivity contribution < 1.29 is 24.2 Å². The van der Waals surface area contributed by atoms with Gasteiger partial charge in [-0.1, -0.05) is 31.2 Å². The number of rotatable bonds is 7. The molecule has 4 rings (SSSR count). The molecular weight excluding hydrogens is 460 g/mol. The summed E-state index contributed by atoms with van der Waals surface area (Å²) in [7, 11) is 1.69. The number of aliphatic hydroxyl groups is 1. The first-order chi connectivity index (χ1) is 17.3. The van der Waals surface area contributed by atoms with Crippen LogP contribution >= 0.6 is 0 Å². The van der Waals surface area contributed by atoms with Crippen molar-refractivity contribution in [3.63, 3.8) is 0 Å². The van der Waals surface area contributed by atoms with E-state index in [4.69, 9.17) is 4.74 Å². The zero-order valence-corrected chi connectivity index (χ0v) is 20.9. The van der Waals surface area contributed by atoms with E-state index in [0.717, 1.165) is 12.8 Å². The van der Waals surface area contributed by atoms with E-state index >= 15 is 0 Å². The van der Waals surface area contributed by atoms with Gasteiger partial charge in [-0.25, -0.2) is 4.79 Å². The highest BCUT2D eigenvalue weighted by Gasteiger charge is 2.36. The van der Waals surface area contributed by atoms with E-state index in [2.05, 4.69) is 10.6 Å². The molecule has 9 heteroatoms. The molecule has 0 radical (unpaired) electrons. The Labute approximate surface area is 211 Å². The minimum absolute atomic E-state index is 0.0152. The molecule has 1 heterocycles. The van der Waals surface area contributed by atoms with Gasteiger partial charge in [0, 0.05) is 31.1 Å². The molecule has 192 valence electrons. The zero-order valence-electron chi connectivity index (χ0n) is 20.9. The third kappa shape index (κ3) is 5.79. The summed E-state index contributed by atoms with van der Waals surface area (Å²) < 4.78 is 6.44. The van der Waals surface area contributed by atoms with Gasteiger partial charge in [0.2, 0.25) is 5.91 Å². The van der Waals surface area contributed by atoms with Gasteiger partial charge in [-0.2, -0.15) is 0 Å². The largest absolute Gasteiger partial charge is 0.485 e. The number of hydrogen-bond acceptors (Lipinski definition) is 5. The number of fused-ring (bicyclic) bond motifs is 1. The molecule has 1 fully saturated rings. The Balaban J connectivity index is 1.62. The molecular formula is C27H34N4O5. The average molecular weight is 495 g/mol. The van der Waals surface area contributed by atoms with Crippen molar-refractivity contribution in [3.8, 4) is 5.75 Å². The van der Waals surface area contributed by atoms with Crippen LogP contribution in [0.2, 0.25) is 0 Å². The molecule has 1 saturated carbocycles. The molecule has 0 aromatic heterocycles. The summed E-state index contributed by atoms with van der Waals surface area (Å²) in [4.78, 5) is 42.1. The van der Waals surface area contributed by atoms with Crippen molar-refractivity contribution in [2.75, 3.05) is 37.4 Å². The number of benzene rings is 2. The Hall–Kier alpha value is -3.59. The van der Waals surface area contributed by atoms with Gasteiger partial charge in [-0.05, 0) is 44.0 Å². The van der Waals surface area contributed by atoms with Crippen LogP contribution in [0.5, 0.6) is 5.75 Å². The fourth-order valence-electron chi connectivity index (χ4n) is 4.23. The maximum Gasteiger partial charge on any atom is 0.321 e. The van der Waals surface area contributed by atoms with Crippen molar-refractivity contribution in [1.82, 2.24) is 9.80 Å². The lowest BCUT2D eigenvalue weighted by molar-refractivity contribution is -0.117. The van der Waals surface area contributed by atoms with E-state index in [1.807, 2.05) is 37.3 Å². The lowest BCUT2D eigenvalue weighted by Gasteiger charge is -2.38. The van der Waals surface area contributed by atoms with Crippen LogP contribution < -0.4 is 15.4 Å². The van der Waals surface area contributed by atoms with Crippen LogP contribution in [-0.4, -0.2) is 71.6 Å². The first-order valence-electron chi connectivity index (χ1n) is 12.4. The van der Waals surface area contributed by atoms with Crippen LogP contribution in [0, 0.1) is 11.8 Å². The number of ether oxygens (including phenoxy) is 1. The highest BCUT2D eigenvalue weighted by atomic mass is 16.5. The molecule has 2 aliphatic rings.